The molecule has 2 amide bonds. The number of halogens is 1. The second-order valence-electron chi connectivity index (χ2n) is 6.87. The van der Waals surface area contributed by atoms with Crippen LogP contribution in [0.5, 0.6) is 0 Å². The molecule has 3 aromatic rings. The highest BCUT2D eigenvalue weighted by Crippen LogP contribution is 2.32. The van der Waals surface area contributed by atoms with Crippen LogP contribution in [0.15, 0.2) is 54.6 Å². The Bertz CT molecular complexity index is 1040. The van der Waals surface area contributed by atoms with Crippen LogP contribution in [0, 0.1) is 12.7 Å². The topological polar surface area (TPSA) is 58.2 Å². The highest BCUT2D eigenvalue weighted by atomic mass is 32.1. The van der Waals surface area contributed by atoms with Crippen molar-refractivity contribution in [3.8, 4) is 11.1 Å². The molecular weight excluding hydrogens is 375 g/mol. The van der Waals surface area contributed by atoms with E-state index < -0.39 is 0 Å². The molecule has 2 N–H and O–H groups in total. The van der Waals surface area contributed by atoms with Crippen LogP contribution in [0.1, 0.15) is 32.5 Å². The maximum atomic E-state index is 13.2. The Morgan fingerprint density at radius 1 is 1.18 bits per heavy atom. The van der Waals surface area contributed by atoms with Crippen LogP contribution in [0.25, 0.3) is 11.1 Å². The minimum atomic E-state index is -0.284. The fourth-order valence-electron chi connectivity index (χ4n) is 3.41. The van der Waals surface area contributed by atoms with Crippen molar-refractivity contribution >= 4 is 28.8 Å². The summed E-state index contributed by atoms with van der Waals surface area (Å²) in [5, 5.41) is 5.77. The highest BCUT2D eigenvalue weighted by molar-refractivity contribution is 7.14. The van der Waals surface area contributed by atoms with Crippen molar-refractivity contribution in [3.05, 3.63) is 75.7 Å². The molecule has 1 atom stereocenters. The van der Waals surface area contributed by atoms with Gasteiger partial charge in [-0.25, -0.2) is 4.39 Å². The van der Waals surface area contributed by atoms with E-state index in [1.165, 1.54) is 23.5 Å². The molecule has 6 heteroatoms. The van der Waals surface area contributed by atoms with E-state index in [4.69, 9.17) is 0 Å². The molecule has 1 unspecified atom stereocenters. The van der Waals surface area contributed by atoms with Crippen molar-refractivity contribution in [3.63, 3.8) is 0 Å². The first-order valence-corrected chi connectivity index (χ1v) is 9.85. The van der Waals surface area contributed by atoms with Crippen LogP contribution in [0.2, 0.25) is 0 Å². The summed E-state index contributed by atoms with van der Waals surface area (Å²) >= 11 is 1.41. The van der Waals surface area contributed by atoms with Crippen molar-refractivity contribution in [2.75, 3.05) is 11.9 Å². The van der Waals surface area contributed by atoms with E-state index in [2.05, 4.69) is 10.6 Å². The van der Waals surface area contributed by atoms with Gasteiger partial charge in [0.2, 0.25) is 5.91 Å². The maximum Gasteiger partial charge on any atom is 0.265 e. The molecule has 1 aliphatic rings. The molecule has 0 aliphatic carbocycles. The molecule has 0 bridgehead atoms. The van der Waals surface area contributed by atoms with E-state index >= 15 is 0 Å². The van der Waals surface area contributed by atoms with Gasteiger partial charge in [-0.05, 0) is 53.9 Å². The summed E-state index contributed by atoms with van der Waals surface area (Å²) in [6.45, 7) is 2.58. The summed E-state index contributed by atoms with van der Waals surface area (Å²) in [4.78, 5) is 25.8. The molecule has 1 fully saturated rings. The van der Waals surface area contributed by atoms with Crippen LogP contribution in [-0.4, -0.2) is 18.4 Å². The quantitative estimate of drug-likeness (QED) is 0.673. The second-order valence-corrected chi connectivity index (χ2v) is 8.13. The summed E-state index contributed by atoms with van der Waals surface area (Å²) in [5.74, 6) is -0.270. The van der Waals surface area contributed by atoms with Crippen molar-refractivity contribution in [2.45, 2.75) is 19.3 Å². The number of rotatable bonds is 4. The van der Waals surface area contributed by atoms with E-state index in [0.29, 0.717) is 23.5 Å². The summed E-state index contributed by atoms with van der Waals surface area (Å²) < 4.78 is 13.2. The van der Waals surface area contributed by atoms with Gasteiger partial charge in [0.15, 0.2) is 0 Å². The van der Waals surface area contributed by atoms with Gasteiger partial charge in [0.05, 0.1) is 4.88 Å². The molecule has 1 saturated heterocycles. The van der Waals surface area contributed by atoms with Crippen LogP contribution in [0.4, 0.5) is 10.1 Å². The molecular formula is C22H19FN2O2S. The summed E-state index contributed by atoms with van der Waals surface area (Å²) in [7, 11) is 0. The number of nitrogens with one attached hydrogen (secondary N) is 2. The Labute approximate surface area is 166 Å². The molecule has 28 heavy (non-hydrogen) atoms. The zero-order valence-electron chi connectivity index (χ0n) is 15.3. The number of amides is 2. The smallest absolute Gasteiger partial charge is 0.265 e. The average molecular weight is 394 g/mol. The molecule has 1 aromatic heterocycles. The number of carbonyl (C=O) groups excluding carboxylic acids is 2. The van der Waals surface area contributed by atoms with Crippen LogP contribution >= 0.6 is 11.3 Å². The molecule has 0 radical (unpaired) electrons. The van der Waals surface area contributed by atoms with E-state index in [0.717, 1.165) is 21.6 Å². The molecule has 1 aliphatic heterocycles. The number of hydrogen-bond donors (Lipinski definition) is 2. The fraction of sp³-hybridized carbons (Fsp3) is 0.182. The monoisotopic (exact) mass is 394 g/mol. The first-order valence-electron chi connectivity index (χ1n) is 9.04. The Hall–Kier alpha value is -2.99. The largest absolute Gasteiger partial charge is 0.355 e. The third-order valence-electron chi connectivity index (χ3n) is 4.89. The van der Waals surface area contributed by atoms with Gasteiger partial charge in [0.1, 0.15) is 5.82 Å². The van der Waals surface area contributed by atoms with E-state index in [9.17, 15) is 14.0 Å². The molecule has 4 rings (SSSR count). The van der Waals surface area contributed by atoms with Gasteiger partial charge in [-0.1, -0.05) is 24.3 Å². The molecule has 0 spiro atoms. The van der Waals surface area contributed by atoms with Gasteiger partial charge in [-0.3, -0.25) is 9.59 Å². The highest BCUT2D eigenvalue weighted by Gasteiger charge is 2.23. The first-order chi connectivity index (χ1) is 13.5. The Morgan fingerprint density at radius 3 is 2.68 bits per heavy atom. The SMILES string of the molecule is Cc1sc(C(=O)Nc2cccc(C3CNC(=O)C3)c2)cc1-c1ccc(F)cc1. The third kappa shape index (κ3) is 3.82. The Balaban J connectivity index is 1.52. The van der Waals surface area contributed by atoms with Crippen molar-refractivity contribution in [2.24, 2.45) is 0 Å². The van der Waals surface area contributed by atoms with Gasteiger partial charge in [-0.15, -0.1) is 11.3 Å². The minimum Gasteiger partial charge on any atom is -0.355 e. The van der Waals surface area contributed by atoms with Crippen molar-refractivity contribution in [1.29, 1.82) is 0 Å². The van der Waals surface area contributed by atoms with Crippen molar-refractivity contribution < 1.29 is 14.0 Å². The number of aryl methyl sites for hydroxylation is 1. The summed E-state index contributed by atoms with van der Waals surface area (Å²) in [6, 6.07) is 15.7. The lowest BCUT2D eigenvalue weighted by atomic mass is 9.98. The van der Waals surface area contributed by atoms with E-state index in [1.54, 1.807) is 12.1 Å². The molecule has 0 saturated carbocycles. The molecule has 2 heterocycles. The van der Waals surface area contributed by atoms with Gasteiger partial charge in [0.25, 0.3) is 5.91 Å². The number of anilines is 1. The maximum absolute atomic E-state index is 13.2. The second kappa shape index (κ2) is 7.56. The minimum absolute atomic E-state index is 0.0572. The lowest BCUT2D eigenvalue weighted by Crippen LogP contribution is -2.13. The normalized spacial score (nSPS) is 16.1. The predicted molar refractivity (Wildman–Crippen MR) is 109 cm³/mol. The lowest BCUT2D eigenvalue weighted by molar-refractivity contribution is -0.119. The van der Waals surface area contributed by atoms with Gasteiger partial charge >= 0.3 is 0 Å². The van der Waals surface area contributed by atoms with E-state index in [-0.39, 0.29) is 23.5 Å². The molecule has 2 aromatic carbocycles. The van der Waals surface area contributed by atoms with Crippen LogP contribution in [-0.2, 0) is 4.79 Å². The predicted octanol–water partition coefficient (Wildman–Crippen LogP) is 4.72. The van der Waals surface area contributed by atoms with Gasteiger partial charge in [0, 0.05) is 29.4 Å². The lowest BCUT2D eigenvalue weighted by Gasteiger charge is -2.10. The van der Waals surface area contributed by atoms with E-state index in [1.807, 2.05) is 37.3 Å². The standard InChI is InChI=1S/C22H19FN2O2S/c1-13-19(14-5-7-17(23)8-6-14)11-20(28-13)22(27)25-18-4-2-3-15(9-18)16-10-21(26)24-12-16/h2-9,11,16H,10,12H2,1H3,(H,24,26)(H,25,27). The van der Waals surface area contributed by atoms with Crippen LogP contribution < -0.4 is 10.6 Å². The zero-order valence-corrected chi connectivity index (χ0v) is 16.1. The third-order valence-corrected chi connectivity index (χ3v) is 5.94. The Kier molecular flexibility index (Phi) is 4.96. The first kappa shape index (κ1) is 18.4. The summed E-state index contributed by atoms with van der Waals surface area (Å²) in [6.07, 6.45) is 0.475. The number of benzene rings is 2. The zero-order chi connectivity index (χ0) is 19.7. The van der Waals surface area contributed by atoms with Gasteiger partial charge < -0.3 is 10.6 Å². The molecule has 4 nitrogen and oxygen atoms in total. The average Bonchev–Trinajstić information content (AvgIpc) is 3.29. The Morgan fingerprint density at radius 2 is 1.96 bits per heavy atom. The van der Waals surface area contributed by atoms with Crippen LogP contribution in [0.3, 0.4) is 0 Å². The number of carbonyl (C=O) groups is 2. The molecule has 142 valence electrons. The van der Waals surface area contributed by atoms with Crippen molar-refractivity contribution in [1.82, 2.24) is 5.32 Å². The summed E-state index contributed by atoms with van der Waals surface area (Å²) in [5.41, 5.74) is 3.55. The fourth-order valence-corrected chi connectivity index (χ4v) is 4.35. The van der Waals surface area contributed by atoms with Gasteiger partial charge in [-0.2, -0.15) is 0 Å². The number of hydrogen-bond acceptors (Lipinski definition) is 3. The number of thiophene rings is 1.